The molecule has 1 aliphatic heterocycles. The van der Waals surface area contributed by atoms with Gasteiger partial charge >= 0.3 is 0 Å². The maximum Gasteiger partial charge on any atom is 0.276 e. The molecule has 3 aromatic rings. The third-order valence-corrected chi connectivity index (χ3v) is 4.69. The van der Waals surface area contributed by atoms with Crippen LogP contribution >= 0.6 is 0 Å². The molecule has 2 aromatic heterocycles. The highest BCUT2D eigenvalue weighted by molar-refractivity contribution is 5.94. The predicted molar refractivity (Wildman–Crippen MR) is 94.5 cm³/mol. The van der Waals surface area contributed by atoms with Gasteiger partial charge in [0.2, 0.25) is 0 Å². The summed E-state index contributed by atoms with van der Waals surface area (Å²) in [6, 6.07) is 9.75. The smallest absolute Gasteiger partial charge is 0.276 e. The van der Waals surface area contributed by atoms with Gasteiger partial charge in [0.25, 0.3) is 5.91 Å². The number of hydrogen-bond donors (Lipinski definition) is 1. The Hall–Kier alpha value is -2.80. The maximum atomic E-state index is 12.8. The van der Waals surface area contributed by atoms with Crippen LogP contribution in [0.1, 0.15) is 29.0 Å². The van der Waals surface area contributed by atoms with Gasteiger partial charge in [0.05, 0.1) is 16.9 Å². The standard InChI is InChI=1S/C18H20N6O/c1-12-17(18(25)23-10-4-5-13(19)11-23)21-22-24(12)16-8-2-7-15-14(16)6-3-9-20-15/h2-3,6-9,13H,4-5,10-11,19H2,1H3/t13-/m1/s1. The number of nitrogens with two attached hydrogens (primary N) is 1. The first-order chi connectivity index (χ1) is 12.1. The van der Waals surface area contributed by atoms with Crippen molar-refractivity contribution in [2.45, 2.75) is 25.8 Å². The van der Waals surface area contributed by atoms with Crippen LogP contribution in [0, 0.1) is 6.92 Å². The molecule has 0 unspecified atom stereocenters. The van der Waals surface area contributed by atoms with Crippen LogP contribution in [-0.4, -0.2) is 49.9 Å². The third-order valence-electron chi connectivity index (χ3n) is 4.69. The van der Waals surface area contributed by atoms with Crippen LogP contribution in [-0.2, 0) is 0 Å². The summed E-state index contributed by atoms with van der Waals surface area (Å²) in [4.78, 5) is 19.0. The lowest BCUT2D eigenvalue weighted by atomic mass is 10.1. The van der Waals surface area contributed by atoms with Crippen LogP contribution in [0.4, 0.5) is 0 Å². The van der Waals surface area contributed by atoms with Crippen molar-refractivity contribution >= 4 is 16.8 Å². The summed E-state index contributed by atoms with van der Waals surface area (Å²) in [6.07, 6.45) is 3.64. The quantitative estimate of drug-likeness (QED) is 0.769. The first-order valence-electron chi connectivity index (χ1n) is 8.46. The SMILES string of the molecule is Cc1c(C(=O)N2CCC[C@@H](N)C2)nnn1-c1cccc2ncccc12. The van der Waals surface area contributed by atoms with E-state index in [0.29, 0.717) is 12.2 Å². The number of piperidine rings is 1. The number of aromatic nitrogens is 4. The van der Waals surface area contributed by atoms with E-state index in [1.807, 2.05) is 37.3 Å². The Kier molecular flexibility index (Phi) is 3.93. The summed E-state index contributed by atoms with van der Waals surface area (Å²) in [7, 11) is 0. The van der Waals surface area contributed by atoms with E-state index < -0.39 is 0 Å². The molecule has 1 amide bonds. The molecule has 25 heavy (non-hydrogen) atoms. The van der Waals surface area contributed by atoms with Gasteiger partial charge in [-0.1, -0.05) is 11.3 Å². The van der Waals surface area contributed by atoms with Crippen LogP contribution < -0.4 is 5.73 Å². The van der Waals surface area contributed by atoms with E-state index in [4.69, 9.17) is 5.73 Å². The third kappa shape index (κ3) is 2.76. The molecular weight excluding hydrogens is 316 g/mol. The number of hydrogen-bond acceptors (Lipinski definition) is 5. The number of amides is 1. The molecule has 1 saturated heterocycles. The zero-order valence-electron chi connectivity index (χ0n) is 14.1. The molecule has 3 heterocycles. The highest BCUT2D eigenvalue weighted by Gasteiger charge is 2.27. The zero-order valence-corrected chi connectivity index (χ0v) is 14.1. The van der Waals surface area contributed by atoms with Gasteiger partial charge in [-0.3, -0.25) is 9.78 Å². The molecule has 0 radical (unpaired) electrons. The molecule has 0 aliphatic carbocycles. The fourth-order valence-electron chi connectivity index (χ4n) is 3.37. The Morgan fingerprint density at radius 2 is 2.16 bits per heavy atom. The second kappa shape index (κ2) is 6.25. The summed E-state index contributed by atoms with van der Waals surface area (Å²) >= 11 is 0. The fourth-order valence-corrected chi connectivity index (χ4v) is 3.37. The highest BCUT2D eigenvalue weighted by atomic mass is 16.2. The van der Waals surface area contributed by atoms with E-state index in [1.165, 1.54) is 0 Å². The van der Waals surface area contributed by atoms with Crippen molar-refractivity contribution in [2.24, 2.45) is 5.73 Å². The molecule has 1 atom stereocenters. The number of carbonyl (C=O) groups is 1. The van der Waals surface area contributed by atoms with Crippen molar-refractivity contribution in [2.75, 3.05) is 13.1 Å². The van der Waals surface area contributed by atoms with Gasteiger partial charge in [-0.05, 0) is 44.0 Å². The maximum absolute atomic E-state index is 12.8. The number of rotatable bonds is 2. The summed E-state index contributed by atoms with van der Waals surface area (Å²) in [6.45, 7) is 3.16. The summed E-state index contributed by atoms with van der Waals surface area (Å²) in [5, 5.41) is 9.36. The molecular formula is C18H20N6O. The van der Waals surface area contributed by atoms with Crippen molar-refractivity contribution in [3.8, 4) is 5.69 Å². The first kappa shape index (κ1) is 15.7. The van der Waals surface area contributed by atoms with Crippen molar-refractivity contribution in [3.05, 3.63) is 47.9 Å². The number of nitrogens with zero attached hydrogens (tertiary/aromatic N) is 5. The van der Waals surface area contributed by atoms with E-state index in [2.05, 4.69) is 15.3 Å². The Morgan fingerprint density at radius 1 is 1.28 bits per heavy atom. The van der Waals surface area contributed by atoms with E-state index in [0.717, 1.165) is 41.7 Å². The van der Waals surface area contributed by atoms with Gasteiger partial charge < -0.3 is 10.6 Å². The van der Waals surface area contributed by atoms with Gasteiger partial charge in [0.1, 0.15) is 0 Å². The average molecular weight is 336 g/mol. The largest absolute Gasteiger partial charge is 0.336 e. The van der Waals surface area contributed by atoms with Gasteiger partial charge in [0, 0.05) is 30.7 Å². The van der Waals surface area contributed by atoms with Crippen LogP contribution in [0.25, 0.3) is 16.6 Å². The minimum atomic E-state index is -0.0998. The highest BCUT2D eigenvalue weighted by Crippen LogP contribution is 2.22. The van der Waals surface area contributed by atoms with E-state index in [9.17, 15) is 4.79 Å². The number of benzene rings is 1. The molecule has 2 N–H and O–H groups in total. The topological polar surface area (TPSA) is 89.9 Å². The monoisotopic (exact) mass is 336 g/mol. The number of fused-ring (bicyclic) bond motifs is 1. The lowest BCUT2D eigenvalue weighted by Crippen LogP contribution is -2.46. The van der Waals surface area contributed by atoms with Crippen molar-refractivity contribution in [3.63, 3.8) is 0 Å². The zero-order chi connectivity index (χ0) is 17.4. The molecule has 4 rings (SSSR count). The Bertz CT molecular complexity index is 929. The fraction of sp³-hybridized carbons (Fsp3) is 0.333. The summed E-state index contributed by atoms with van der Waals surface area (Å²) in [5.74, 6) is -0.0998. The Balaban J connectivity index is 1.72. The molecule has 1 aliphatic rings. The lowest BCUT2D eigenvalue weighted by molar-refractivity contribution is 0.0702. The summed E-state index contributed by atoms with van der Waals surface area (Å²) < 4.78 is 1.71. The normalized spacial score (nSPS) is 17.8. The second-order valence-corrected chi connectivity index (χ2v) is 6.44. The van der Waals surface area contributed by atoms with Crippen LogP contribution in [0.2, 0.25) is 0 Å². The summed E-state index contributed by atoms with van der Waals surface area (Å²) in [5.41, 5.74) is 8.85. The Morgan fingerprint density at radius 3 is 3.00 bits per heavy atom. The molecule has 7 heteroatoms. The molecule has 128 valence electrons. The second-order valence-electron chi connectivity index (χ2n) is 6.44. The number of likely N-dealkylation sites (tertiary alicyclic amines) is 1. The first-order valence-corrected chi connectivity index (χ1v) is 8.46. The molecule has 1 aromatic carbocycles. The van der Waals surface area contributed by atoms with Gasteiger partial charge in [-0.15, -0.1) is 5.10 Å². The van der Waals surface area contributed by atoms with Gasteiger partial charge in [-0.25, -0.2) is 4.68 Å². The minimum Gasteiger partial charge on any atom is -0.336 e. The van der Waals surface area contributed by atoms with E-state index in [-0.39, 0.29) is 11.9 Å². The van der Waals surface area contributed by atoms with E-state index >= 15 is 0 Å². The Labute approximate surface area is 145 Å². The minimum absolute atomic E-state index is 0.0391. The lowest BCUT2D eigenvalue weighted by Gasteiger charge is -2.30. The van der Waals surface area contributed by atoms with Crippen LogP contribution in [0.15, 0.2) is 36.5 Å². The van der Waals surface area contributed by atoms with Crippen molar-refractivity contribution < 1.29 is 4.79 Å². The average Bonchev–Trinajstić information content (AvgIpc) is 3.02. The molecule has 1 fully saturated rings. The molecule has 0 bridgehead atoms. The van der Waals surface area contributed by atoms with Crippen LogP contribution in [0.5, 0.6) is 0 Å². The van der Waals surface area contributed by atoms with Gasteiger partial charge in [0.15, 0.2) is 5.69 Å². The molecule has 0 saturated carbocycles. The van der Waals surface area contributed by atoms with Gasteiger partial charge in [-0.2, -0.15) is 0 Å². The van der Waals surface area contributed by atoms with Crippen molar-refractivity contribution in [1.29, 1.82) is 0 Å². The number of pyridine rings is 1. The predicted octanol–water partition coefficient (Wildman–Crippen LogP) is 1.69. The van der Waals surface area contributed by atoms with E-state index in [1.54, 1.807) is 15.8 Å². The molecule has 7 nitrogen and oxygen atoms in total. The molecule has 0 spiro atoms. The van der Waals surface area contributed by atoms with Crippen molar-refractivity contribution in [1.82, 2.24) is 24.9 Å². The number of carbonyl (C=O) groups excluding carboxylic acids is 1. The van der Waals surface area contributed by atoms with Crippen LogP contribution in [0.3, 0.4) is 0 Å².